The first-order valence-corrected chi connectivity index (χ1v) is 8.73. The molecule has 0 radical (unpaired) electrons. The molecule has 0 amide bonds. The zero-order valence-electron chi connectivity index (χ0n) is 15.2. The van der Waals surface area contributed by atoms with Crippen LogP contribution in [0.3, 0.4) is 0 Å². The minimum atomic E-state index is -0.915. The highest BCUT2D eigenvalue weighted by Gasteiger charge is 2.22. The Bertz CT molecular complexity index is 956. The van der Waals surface area contributed by atoms with E-state index in [0.717, 1.165) is 27.7 Å². The van der Waals surface area contributed by atoms with E-state index in [1.54, 1.807) is 0 Å². The van der Waals surface area contributed by atoms with Crippen LogP contribution in [0.2, 0.25) is 0 Å². The van der Waals surface area contributed by atoms with Crippen LogP contribution in [-0.2, 0) is 5.60 Å². The summed E-state index contributed by atoms with van der Waals surface area (Å²) in [5, 5.41) is 12.9. The molecule has 25 heavy (non-hydrogen) atoms. The molecule has 3 heteroatoms. The Morgan fingerprint density at radius 1 is 0.840 bits per heavy atom. The Morgan fingerprint density at radius 3 is 2.24 bits per heavy atom. The van der Waals surface area contributed by atoms with Gasteiger partial charge in [-0.2, -0.15) is 0 Å². The number of aliphatic hydroxyl groups is 1. The predicted octanol–water partition coefficient (Wildman–Crippen LogP) is 5.43. The normalized spacial score (nSPS) is 11.4. The minimum absolute atomic E-state index is 0.902. The van der Waals surface area contributed by atoms with E-state index < -0.39 is 5.60 Å². The Kier molecular flexibility index (Phi) is 4.60. The first-order valence-electron chi connectivity index (χ1n) is 8.73. The van der Waals surface area contributed by atoms with Crippen molar-refractivity contribution in [3.63, 3.8) is 0 Å². The molecule has 0 aliphatic carbocycles. The minimum Gasteiger partial charge on any atom is -0.386 e. The van der Waals surface area contributed by atoms with E-state index in [2.05, 4.69) is 27.8 Å². The van der Waals surface area contributed by atoms with E-state index in [1.807, 2.05) is 76.5 Å². The lowest BCUT2D eigenvalue weighted by Crippen LogP contribution is -2.18. The molecule has 0 unspecified atom stereocenters. The summed E-state index contributed by atoms with van der Waals surface area (Å²) < 4.78 is 2.21. The summed E-state index contributed by atoms with van der Waals surface area (Å²) in [4.78, 5) is 4.28. The number of hydrogen-bond acceptors (Lipinski definition) is 2. The molecule has 3 nitrogen and oxygen atoms in total. The van der Waals surface area contributed by atoms with Gasteiger partial charge in [-0.25, -0.2) is 0 Å². The van der Waals surface area contributed by atoms with Gasteiger partial charge in [0, 0.05) is 28.7 Å². The smallest absolute Gasteiger partial charge is 0.0860 e. The largest absolute Gasteiger partial charge is 0.386 e. The van der Waals surface area contributed by atoms with Gasteiger partial charge in [0.2, 0.25) is 0 Å². The van der Waals surface area contributed by atoms with Crippen LogP contribution >= 0.6 is 0 Å². The van der Waals surface area contributed by atoms with Crippen molar-refractivity contribution in [1.82, 2.24) is 9.55 Å². The van der Waals surface area contributed by atoms with Crippen LogP contribution < -0.4 is 0 Å². The second kappa shape index (κ2) is 6.69. The summed E-state index contributed by atoms with van der Waals surface area (Å²) in [5.41, 5.74) is 3.20. The van der Waals surface area contributed by atoms with Gasteiger partial charge in [-0.3, -0.25) is 4.98 Å². The molecule has 0 saturated carbocycles. The molecular weight excluding hydrogens is 308 g/mol. The predicted molar refractivity (Wildman–Crippen MR) is 105 cm³/mol. The zero-order chi connectivity index (χ0) is 18.0. The molecule has 0 atom stereocenters. The van der Waals surface area contributed by atoms with Crippen LogP contribution in [0.4, 0.5) is 0 Å². The van der Waals surface area contributed by atoms with Crippen molar-refractivity contribution in [3.05, 3.63) is 72.6 Å². The molecule has 0 aliphatic heterocycles. The lowest BCUT2D eigenvalue weighted by molar-refractivity contribution is 0.0786. The van der Waals surface area contributed by atoms with Crippen molar-refractivity contribution in [2.45, 2.75) is 33.3 Å². The van der Waals surface area contributed by atoms with Crippen molar-refractivity contribution in [2.75, 3.05) is 0 Å². The summed E-state index contributed by atoms with van der Waals surface area (Å²) in [5.74, 6) is 0. The highest BCUT2D eigenvalue weighted by molar-refractivity contribution is 6.08. The van der Waals surface area contributed by atoms with Gasteiger partial charge in [-0.05, 0) is 32.0 Å². The second-order valence-electron chi connectivity index (χ2n) is 6.32. The Hall–Kier alpha value is -2.65. The molecule has 2 aromatic carbocycles. The fourth-order valence-electron chi connectivity index (χ4n) is 3.26. The van der Waals surface area contributed by atoms with Gasteiger partial charge >= 0.3 is 0 Å². The Morgan fingerprint density at radius 2 is 1.48 bits per heavy atom. The topological polar surface area (TPSA) is 38.0 Å². The number of nitrogens with zero attached hydrogens (tertiary/aromatic N) is 2. The van der Waals surface area contributed by atoms with Gasteiger partial charge in [0.25, 0.3) is 0 Å². The number of rotatable bonds is 2. The van der Waals surface area contributed by atoms with Crippen LogP contribution in [0.5, 0.6) is 0 Å². The maximum Gasteiger partial charge on any atom is 0.0860 e. The lowest BCUT2D eigenvalue weighted by Gasteiger charge is -2.23. The summed E-state index contributed by atoms with van der Waals surface area (Å²) in [6.45, 7) is 7.64. The molecule has 0 spiro atoms. The molecule has 0 bridgehead atoms. The van der Waals surface area contributed by atoms with Crippen LogP contribution in [0.1, 0.15) is 33.3 Å². The highest BCUT2D eigenvalue weighted by atomic mass is 16.3. The number of pyridine rings is 1. The maximum absolute atomic E-state index is 10.6. The Balaban J connectivity index is 0.000000880. The van der Waals surface area contributed by atoms with Gasteiger partial charge in [0.05, 0.1) is 22.3 Å². The Labute approximate surface area is 148 Å². The van der Waals surface area contributed by atoms with Crippen LogP contribution in [0, 0.1) is 0 Å². The zero-order valence-corrected chi connectivity index (χ0v) is 15.2. The average Bonchev–Trinajstić information content (AvgIpc) is 2.97. The van der Waals surface area contributed by atoms with Gasteiger partial charge in [-0.15, -0.1) is 0 Å². The van der Waals surface area contributed by atoms with Crippen LogP contribution in [0.15, 0.2) is 67.0 Å². The van der Waals surface area contributed by atoms with Crippen LogP contribution in [-0.4, -0.2) is 14.7 Å². The number of benzene rings is 2. The first kappa shape index (κ1) is 17.2. The number of aromatic nitrogens is 2. The summed E-state index contributed by atoms with van der Waals surface area (Å²) in [7, 11) is 0. The fourth-order valence-corrected chi connectivity index (χ4v) is 3.26. The SMILES string of the molecule is CC.CC(C)(O)c1ccccc1-n1c2ccccc2c2cnccc21. The summed E-state index contributed by atoms with van der Waals surface area (Å²) in [6, 6.07) is 18.3. The number of fused-ring (bicyclic) bond motifs is 3. The lowest BCUT2D eigenvalue weighted by atomic mass is 9.96. The third-order valence-corrected chi connectivity index (χ3v) is 4.28. The third-order valence-electron chi connectivity index (χ3n) is 4.28. The first-order chi connectivity index (χ1) is 12.1. The van der Waals surface area contributed by atoms with E-state index >= 15 is 0 Å². The van der Waals surface area contributed by atoms with E-state index in [0.29, 0.717) is 0 Å². The molecule has 2 heterocycles. The molecule has 128 valence electrons. The van der Waals surface area contributed by atoms with Crippen molar-refractivity contribution in [1.29, 1.82) is 0 Å². The monoisotopic (exact) mass is 332 g/mol. The van der Waals surface area contributed by atoms with E-state index in [1.165, 1.54) is 5.39 Å². The van der Waals surface area contributed by atoms with Gasteiger partial charge < -0.3 is 9.67 Å². The maximum atomic E-state index is 10.6. The quantitative estimate of drug-likeness (QED) is 0.531. The number of hydrogen-bond donors (Lipinski definition) is 1. The van der Waals surface area contributed by atoms with Crippen molar-refractivity contribution in [3.8, 4) is 5.69 Å². The average molecular weight is 332 g/mol. The molecule has 0 aliphatic rings. The standard InChI is InChI=1S/C20H18N2O.C2H6/c1-20(2,23)16-8-4-6-10-19(16)22-17-9-5-3-7-14(17)15-13-21-12-11-18(15)22;1-2/h3-13,23H,1-2H3;1-2H3. The molecule has 4 rings (SSSR count). The van der Waals surface area contributed by atoms with E-state index in [4.69, 9.17) is 0 Å². The molecular formula is C22H24N2O. The van der Waals surface area contributed by atoms with Crippen molar-refractivity contribution in [2.24, 2.45) is 0 Å². The van der Waals surface area contributed by atoms with Gasteiger partial charge in [0.1, 0.15) is 0 Å². The summed E-state index contributed by atoms with van der Waals surface area (Å²) >= 11 is 0. The van der Waals surface area contributed by atoms with E-state index in [-0.39, 0.29) is 0 Å². The molecule has 0 fully saturated rings. The fraction of sp³-hybridized carbons (Fsp3) is 0.227. The summed E-state index contributed by atoms with van der Waals surface area (Å²) in [6.07, 6.45) is 3.71. The van der Waals surface area contributed by atoms with Crippen LogP contribution in [0.25, 0.3) is 27.5 Å². The molecule has 1 N–H and O–H groups in total. The van der Waals surface area contributed by atoms with Crippen molar-refractivity contribution < 1.29 is 5.11 Å². The molecule has 2 aromatic heterocycles. The highest BCUT2D eigenvalue weighted by Crippen LogP contribution is 2.35. The number of para-hydroxylation sites is 2. The second-order valence-corrected chi connectivity index (χ2v) is 6.32. The molecule has 0 saturated heterocycles. The van der Waals surface area contributed by atoms with Crippen molar-refractivity contribution >= 4 is 21.8 Å². The van der Waals surface area contributed by atoms with Gasteiger partial charge in [-0.1, -0.05) is 50.2 Å². The third kappa shape index (κ3) is 2.92. The molecule has 4 aromatic rings. The van der Waals surface area contributed by atoms with Gasteiger partial charge in [0.15, 0.2) is 0 Å². The van der Waals surface area contributed by atoms with E-state index in [9.17, 15) is 5.11 Å².